The summed E-state index contributed by atoms with van der Waals surface area (Å²) in [5.74, 6) is -0.189. The number of hydrogen-bond donors (Lipinski definition) is 7. The van der Waals surface area contributed by atoms with Crippen molar-refractivity contribution in [3.8, 4) is 17.2 Å². The minimum absolute atomic E-state index is 0.0613. The van der Waals surface area contributed by atoms with Crippen molar-refractivity contribution in [2.24, 2.45) is 11.7 Å². The Morgan fingerprint density at radius 2 is 1.93 bits per heavy atom. The zero-order valence-electron chi connectivity index (χ0n) is 22.6. The van der Waals surface area contributed by atoms with Crippen molar-refractivity contribution < 1.29 is 49.6 Å². The van der Waals surface area contributed by atoms with Gasteiger partial charge in [0.2, 0.25) is 6.29 Å². The van der Waals surface area contributed by atoms with Crippen molar-refractivity contribution in [2.45, 2.75) is 68.7 Å². The van der Waals surface area contributed by atoms with Gasteiger partial charge in [-0.15, -0.1) is 0 Å². The van der Waals surface area contributed by atoms with E-state index in [4.69, 9.17) is 19.9 Å². The highest BCUT2D eigenvalue weighted by molar-refractivity contribution is 8.76. The van der Waals surface area contributed by atoms with Crippen LogP contribution in [0.25, 0.3) is 10.8 Å². The zero-order valence-corrected chi connectivity index (χ0v) is 24.2. The summed E-state index contributed by atoms with van der Waals surface area (Å²) >= 11 is 0. The number of phenols is 1. The molecule has 4 bridgehead atoms. The number of carbonyl (C=O) groups is 1. The fourth-order valence-electron chi connectivity index (χ4n) is 5.93. The van der Waals surface area contributed by atoms with Gasteiger partial charge in [-0.05, 0) is 30.4 Å². The van der Waals surface area contributed by atoms with Crippen LogP contribution in [-0.2, 0) is 11.3 Å². The number of aromatic hydroxyl groups is 1. The smallest absolute Gasteiger partial charge is 0.229 e. The second-order valence-corrected chi connectivity index (χ2v) is 13.3. The van der Waals surface area contributed by atoms with E-state index in [1.807, 2.05) is 0 Å². The molecule has 2 aromatic carbocycles. The van der Waals surface area contributed by atoms with E-state index in [1.54, 1.807) is 19.1 Å². The van der Waals surface area contributed by atoms with Gasteiger partial charge in [-0.3, -0.25) is 4.79 Å². The number of phenolic OH excluding ortho intramolecular Hbond substituents is 1. The summed E-state index contributed by atoms with van der Waals surface area (Å²) in [5.41, 5.74) is 5.32. The first-order valence-electron chi connectivity index (χ1n) is 13.3. The lowest BCUT2D eigenvalue weighted by Gasteiger charge is -2.49. The van der Waals surface area contributed by atoms with Gasteiger partial charge >= 0.3 is 0 Å². The first-order valence-corrected chi connectivity index (χ1v) is 15.8. The minimum Gasteiger partial charge on any atom is -0.506 e. The Bertz CT molecular complexity index is 1360. The third kappa shape index (κ3) is 5.32. The number of fused-ring (bicyclic) bond motifs is 5. The quantitative estimate of drug-likeness (QED) is 0.190. The van der Waals surface area contributed by atoms with Gasteiger partial charge < -0.3 is 50.6 Å². The van der Waals surface area contributed by atoms with Crippen molar-refractivity contribution >= 4 is 38.1 Å². The zero-order chi connectivity index (χ0) is 29.6. The summed E-state index contributed by atoms with van der Waals surface area (Å²) in [5, 5.41) is 66.7. The third-order valence-corrected chi connectivity index (χ3v) is 10.6. The van der Waals surface area contributed by atoms with Crippen LogP contribution >= 0.6 is 21.6 Å². The maximum absolute atomic E-state index is 13.3. The number of aliphatic hydroxyl groups excluding tert-OH is 4. The number of carbonyl (C=O) groups excluding carboxylic acids is 1. The van der Waals surface area contributed by atoms with Gasteiger partial charge in [0.15, 0.2) is 5.78 Å². The number of ether oxygens (including phenoxy) is 3. The summed E-state index contributed by atoms with van der Waals surface area (Å²) in [4.78, 5) is 13.3. The van der Waals surface area contributed by atoms with E-state index in [0.717, 1.165) is 0 Å². The molecule has 2 aromatic rings. The monoisotopic (exact) mass is 609 g/mol. The van der Waals surface area contributed by atoms with E-state index in [9.17, 15) is 35.4 Å². The summed E-state index contributed by atoms with van der Waals surface area (Å²) < 4.78 is 17.6. The molecule has 1 fully saturated rings. The molecule has 41 heavy (non-hydrogen) atoms. The molecule has 8 atom stereocenters. The van der Waals surface area contributed by atoms with Gasteiger partial charge in [0.25, 0.3) is 0 Å². The van der Waals surface area contributed by atoms with E-state index in [2.05, 4.69) is 0 Å². The van der Waals surface area contributed by atoms with E-state index >= 15 is 0 Å². The average molecular weight is 610 g/mol. The Morgan fingerprint density at radius 1 is 1.17 bits per heavy atom. The number of Topliss-reactive ketones (excluding diaryl/α,β-unsaturated/α-hetero) is 1. The normalized spacial score (nSPS) is 34.3. The molecule has 13 heteroatoms. The summed E-state index contributed by atoms with van der Waals surface area (Å²) in [6.07, 6.45) is -4.63. The van der Waals surface area contributed by atoms with Gasteiger partial charge in [0, 0.05) is 41.5 Å². The molecule has 5 rings (SSSR count). The second-order valence-electron chi connectivity index (χ2n) is 10.7. The van der Waals surface area contributed by atoms with Gasteiger partial charge in [-0.1, -0.05) is 33.7 Å². The number of aliphatic hydroxyl groups is 5. The lowest BCUT2D eigenvalue weighted by molar-refractivity contribution is -0.304. The first-order chi connectivity index (χ1) is 19.5. The molecule has 0 aromatic heterocycles. The van der Waals surface area contributed by atoms with E-state index in [1.165, 1.54) is 40.8 Å². The molecule has 0 amide bonds. The molecule has 2 aliphatic heterocycles. The van der Waals surface area contributed by atoms with Crippen molar-refractivity contribution in [1.29, 1.82) is 0 Å². The fourth-order valence-corrected chi connectivity index (χ4v) is 8.36. The maximum atomic E-state index is 13.3. The van der Waals surface area contributed by atoms with Crippen molar-refractivity contribution in [3.63, 3.8) is 0 Å². The number of methoxy groups -OCH3 is 1. The van der Waals surface area contributed by atoms with Gasteiger partial charge in [-0.2, -0.15) is 0 Å². The average Bonchev–Trinajstić information content (AvgIpc) is 2.93. The highest BCUT2D eigenvalue weighted by atomic mass is 33.1. The van der Waals surface area contributed by atoms with Crippen molar-refractivity contribution in [3.05, 3.63) is 41.0 Å². The number of hydrogen-bond acceptors (Lipinski definition) is 13. The van der Waals surface area contributed by atoms with Crippen LogP contribution in [0.1, 0.15) is 34.3 Å². The first kappa shape index (κ1) is 30.4. The molecule has 224 valence electrons. The van der Waals surface area contributed by atoms with Crippen LogP contribution in [0.4, 0.5) is 0 Å². The molecular weight excluding hydrogens is 574 g/mol. The molecule has 11 nitrogen and oxygen atoms in total. The number of nitrogens with two attached hydrogens (primary N) is 1. The number of benzene rings is 2. The summed E-state index contributed by atoms with van der Waals surface area (Å²) in [6.45, 7) is 1.24. The molecular formula is C28H35NO10S2. The molecule has 0 spiro atoms. The fraction of sp³-hybridized carbons (Fsp3) is 0.536. The van der Waals surface area contributed by atoms with Gasteiger partial charge in [0.1, 0.15) is 47.3 Å². The molecule has 8 unspecified atom stereocenters. The standard InChI is InChI=1S/C28H35NO10S2/c1-12-7-15-16(10-30)18(37-2)9-19-21(15)22(32)20(12)17(31)4-6-40-41-11-13-8-14(29)3-5-28(13,36)26-24(34)23(33)25(35)27(38-19)39-26/h3,5,7,9,13-14,23-27,30,32-36H,4,6,8,10-11,29H2,1-2H3. The Kier molecular flexibility index (Phi) is 8.82. The van der Waals surface area contributed by atoms with Crippen LogP contribution < -0.4 is 15.2 Å². The van der Waals surface area contributed by atoms with Crippen LogP contribution in [0.3, 0.4) is 0 Å². The lowest BCUT2D eigenvalue weighted by Crippen LogP contribution is -2.67. The molecule has 1 saturated heterocycles. The predicted octanol–water partition coefficient (Wildman–Crippen LogP) is 1.14. The van der Waals surface area contributed by atoms with Crippen LogP contribution in [0.5, 0.6) is 17.2 Å². The molecule has 3 aliphatic rings. The highest BCUT2D eigenvalue weighted by Gasteiger charge is 2.56. The van der Waals surface area contributed by atoms with Crippen LogP contribution in [0.2, 0.25) is 0 Å². The second kappa shape index (κ2) is 11.9. The number of rotatable bonds is 2. The third-order valence-electron chi connectivity index (χ3n) is 8.14. The van der Waals surface area contributed by atoms with Gasteiger partial charge in [-0.25, -0.2) is 0 Å². The van der Waals surface area contributed by atoms with E-state index in [0.29, 0.717) is 34.4 Å². The Labute approximate surface area is 244 Å². The van der Waals surface area contributed by atoms with Crippen LogP contribution in [0, 0.1) is 12.8 Å². The van der Waals surface area contributed by atoms with Gasteiger partial charge in [0.05, 0.1) is 24.7 Å². The highest BCUT2D eigenvalue weighted by Crippen LogP contribution is 2.46. The van der Waals surface area contributed by atoms with Crippen molar-refractivity contribution in [1.82, 2.24) is 0 Å². The van der Waals surface area contributed by atoms with Crippen molar-refractivity contribution in [2.75, 3.05) is 18.6 Å². The number of aryl methyl sites for hydroxylation is 1. The summed E-state index contributed by atoms with van der Waals surface area (Å²) in [7, 11) is 4.25. The predicted molar refractivity (Wildman–Crippen MR) is 154 cm³/mol. The minimum atomic E-state index is -1.77. The van der Waals surface area contributed by atoms with Crippen LogP contribution in [-0.4, -0.2) is 97.4 Å². The SMILES string of the molecule is COc1cc2c3c(O)c(c(C)cc3c1CO)C(=O)CCSSCC1CC(N)C=CC1(O)C1OC(O2)C(O)C(O)C1O. The molecule has 0 radical (unpaired) electrons. The molecule has 2 heterocycles. The van der Waals surface area contributed by atoms with E-state index in [-0.39, 0.29) is 46.4 Å². The topological polar surface area (TPSA) is 192 Å². The van der Waals surface area contributed by atoms with Crippen LogP contribution in [0.15, 0.2) is 24.3 Å². The van der Waals surface area contributed by atoms with E-state index < -0.39 is 48.8 Å². The largest absolute Gasteiger partial charge is 0.506 e. The Balaban J connectivity index is 1.70. The molecule has 8 N–H and O–H groups in total. The lowest BCUT2D eigenvalue weighted by atomic mass is 9.72. The maximum Gasteiger partial charge on any atom is 0.229 e. The molecule has 1 aliphatic carbocycles. The molecule has 0 saturated carbocycles. The Morgan fingerprint density at radius 3 is 2.63 bits per heavy atom. The number of ketones is 1. The Hall–Kier alpha value is -2.07. The summed E-state index contributed by atoms with van der Waals surface area (Å²) in [6, 6.07) is 2.69.